The summed E-state index contributed by atoms with van der Waals surface area (Å²) in [5.74, 6) is 1.20. The summed E-state index contributed by atoms with van der Waals surface area (Å²) >= 11 is 1.58. The van der Waals surface area contributed by atoms with Crippen molar-refractivity contribution in [2.75, 3.05) is 6.54 Å². The van der Waals surface area contributed by atoms with Crippen molar-refractivity contribution < 1.29 is 4.79 Å². The lowest BCUT2D eigenvalue weighted by Crippen LogP contribution is -2.38. The summed E-state index contributed by atoms with van der Waals surface area (Å²) in [6.07, 6.45) is 7.45. The van der Waals surface area contributed by atoms with Crippen LogP contribution in [0.2, 0.25) is 0 Å². The van der Waals surface area contributed by atoms with E-state index in [-0.39, 0.29) is 36.8 Å². The summed E-state index contributed by atoms with van der Waals surface area (Å²) in [7, 11) is 0. The van der Waals surface area contributed by atoms with Crippen LogP contribution in [0, 0.1) is 12.8 Å². The van der Waals surface area contributed by atoms with Gasteiger partial charge in [0.1, 0.15) is 4.88 Å². The Bertz CT molecular complexity index is 499. The molecule has 126 valence electrons. The van der Waals surface area contributed by atoms with E-state index in [0.29, 0.717) is 18.4 Å². The monoisotopic (exact) mass is 365 g/mol. The first-order valence-corrected chi connectivity index (χ1v) is 8.48. The first-order valence-electron chi connectivity index (χ1n) is 7.66. The number of hydrogen-bond donors (Lipinski definition) is 2. The van der Waals surface area contributed by atoms with Gasteiger partial charge in [-0.15, -0.1) is 36.2 Å². The number of thiazole rings is 1. The minimum Gasteiger partial charge on any atom is -0.350 e. The fraction of sp³-hybridized carbons (Fsp3) is 0.733. The third-order valence-electron chi connectivity index (χ3n) is 4.45. The van der Waals surface area contributed by atoms with Crippen molar-refractivity contribution in [2.45, 2.75) is 57.4 Å². The molecule has 1 atom stereocenters. The minimum atomic E-state index is 0. The number of nitrogens with two attached hydrogens (primary N) is 1. The highest BCUT2D eigenvalue weighted by atomic mass is 35.5. The summed E-state index contributed by atoms with van der Waals surface area (Å²) in [4.78, 5) is 17.6. The third-order valence-corrected chi connectivity index (χ3v) is 5.77. The van der Waals surface area contributed by atoms with Crippen LogP contribution >= 0.6 is 36.2 Å². The van der Waals surface area contributed by atoms with E-state index in [1.165, 1.54) is 38.5 Å². The lowest BCUT2D eigenvalue weighted by molar-refractivity contribution is 0.0953. The van der Waals surface area contributed by atoms with Crippen LogP contribution in [0.1, 0.15) is 64.8 Å². The Hall–Kier alpha value is -0.360. The zero-order valence-corrected chi connectivity index (χ0v) is 15.3. The van der Waals surface area contributed by atoms with Crippen LogP contribution in [0.4, 0.5) is 0 Å². The standard InChI is InChI=1S/C15H23N3OS.2ClH/c1-9-13(14(19)17-8-12(16)10-6-7-10)20-15(18-9)11-4-2-3-5-11;;/h10-12H,2-8,16H2,1H3,(H,17,19);2*1H. The van der Waals surface area contributed by atoms with Crippen LogP contribution in [0.15, 0.2) is 0 Å². The molecule has 3 N–H and O–H groups in total. The molecule has 7 heteroatoms. The van der Waals surface area contributed by atoms with Gasteiger partial charge in [-0.2, -0.15) is 0 Å². The quantitative estimate of drug-likeness (QED) is 0.839. The van der Waals surface area contributed by atoms with Crippen LogP contribution in [-0.4, -0.2) is 23.5 Å². The average Bonchev–Trinajstić information content (AvgIpc) is 2.99. The van der Waals surface area contributed by atoms with Gasteiger partial charge in [-0.3, -0.25) is 4.79 Å². The fourth-order valence-corrected chi connectivity index (χ4v) is 4.11. The Kier molecular flexibility index (Phi) is 7.59. The maximum atomic E-state index is 12.2. The van der Waals surface area contributed by atoms with E-state index in [1.807, 2.05) is 6.92 Å². The van der Waals surface area contributed by atoms with E-state index in [2.05, 4.69) is 10.3 Å². The van der Waals surface area contributed by atoms with Crippen LogP contribution < -0.4 is 11.1 Å². The molecular formula is C15H25Cl2N3OS. The van der Waals surface area contributed by atoms with Gasteiger partial charge in [0.25, 0.3) is 5.91 Å². The first kappa shape index (κ1) is 19.7. The predicted molar refractivity (Wildman–Crippen MR) is 95.6 cm³/mol. The van der Waals surface area contributed by atoms with Gasteiger partial charge in [-0.25, -0.2) is 4.98 Å². The predicted octanol–water partition coefficient (Wildman–Crippen LogP) is 3.42. The van der Waals surface area contributed by atoms with E-state index in [4.69, 9.17) is 5.73 Å². The van der Waals surface area contributed by atoms with E-state index in [9.17, 15) is 4.79 Å². The summed E-state index contributed by atoms with van der Waals surface area (Å²) in [5.41, 5.74) is 6.89. The molecule has 0 saturated heterocycles. The highest BCUT2D eigenvalue weighted by Gasteiger charge is 2.29. The van der Waals surface area contributed by atoms with Gasteiger partial charge in [-0.1, -0.05) is 12.8 Å². The number of carbonyl (C=O) groups excluding carboxylic acids is 1. The maximum absolute atomic E-state index is 12.2. The highest BCUT2D eigenvalue weighted by Crippen LogP contribution is 2.37. The number of halogens is 2. The molecule has 1 aromatic rings. The summed E-state index contributed by atoms with van der Waals surface area (Å²) < 4.78 is 0. The van der Waals surface area contributed by atoms with Crippen molar-refractivity contribution in [1.82, 2.24) is 10.3 Å². The molecule has 2 fully saturated rings. The Morgan fingerprint density at radius 1 is 1.32 bits per heavy atom. The van der Waals surface area contributed by atoms with Crippen LogP contribution in [0.25, 0.3) is 0 Å². The Balaban J connectivity index is 0.00000121. The second-order valence-electron chi connectivity index (χ2n) is 6.16. The lowest BCUT2D eigenvalue weighted by atomic mass is 10.1. The zero-order chi connectivity index (χ0) is 14.1. The number of amides is 1. The van der Waals surface area contributed by atoms with Gasteiger partial charge in [-0.05, 0) is 38.5 Å². The average molecular weight is 366 g/mol. The topological polar surface area (TPSA) is 68.0 Å². The minimum absolute atomic E-state index is 0. The van der Waals surface area contributed by atoms with Crippen molar-refractivity contribution in [3.63, 3.8) is 0 Å². The van der Waals surface area contributed by atoms with Gasteiger partial charge in [0.2, 0.25) is 0 Å². The Labute approximate surface area is 148 Å². The third kappa shape index (κ3) is 4.57. The smallest absolute Gasteiger partial charge is 0.263 e. The molecule has 4 nitrogen and oxygen atoms in total. The van der Waals surface area contributed by atoms with Crippen molar-refractivity contribution in [3.05, 3.63) is 15.6 Å². The summed E-state index contributed by atoms with van der Waals surface area (Å²) in [5, 5.41) is 4.12. The molecule has 2 saturated carbocycles. The normalized spacial score (nSPS) is 19.2. The maximum Gasteiger partial charge on any atom is 0.263 e. The van der Waals surface area contributed by atoms with Gasteiger partial charge in [0, 0.05) is 18.5 Å². The molecule has 1 amide bonds. The SMILES string of the molecule is Cc1nc(C2CCCC2)sc1C(=O)NCC(N)C1CC1.Cl.Cl. The van der Waals surface area contributed by atoms with Crippen molar-refractivity contribution in [2.24, 2.45) is 11.7 Å². The first-order chi connectivity index (χ1) is 9.65. The van der Waals surface area contributed by atoms with E-state index < -0.39 is 0 Å². The molecule has 0 aliphatic heterocycles. The Morgan fingerprint density at radius 3 is 2.55 bits per heavy atom. The molecule has 1 aromatic heterocycles. The molecule has 22 heavy (non-hydrogen) atoms. The highest BCUT2D eigenvalue weighted by molar-refractivity contribution is 7.13. The number of hydrogen-bond acceptors (Lipinski definition) is 4. The van der Waals surface area contributed by atoms with Crippen molar-refractivity contribution in [3.8, 4) is 0 Å². The molecular weight excluding hydrogens is 341 g/mol. The van der Waals surface area contributed by atoms with Crippen LogP contribution in [0.5, 0.6) is 0 Å². The number of rotatable bonds is 5. The number of aryl methyl sites for hydroxylation is 1. The van der Waals surface area contributed by atoms with E-state index in [1.54, 1.807) is 11.3 Å². The number of aromatic nitrogens is 1. The number of nitrogens with one attached hydrogen (secondary N) is 1. The lowest BCUT2D eigenvalue weighted by Gasteiger charge is -2.10. The molecule has 2 aliphatic rings. The summed E-state index contributed by atoms with van der Waals surface area (Å²) in [6.45, 7) is 2.52. The molecule has 0 bridgehead atoms. The van der Waals surface area contributed by atoms with Crippen LogP contribution in [0.3, 0.4) is 0 Å². The second-order valence-corrected chi connectivity index (χ2v) is 7.19. The summed E-state index contributed by atoms with van der Waals surface area (Å²) in [6, 6.07) is 0.112. The van der Waals surface area contributed by atoms with E-state index in [0.717, 1.165) is 15.6 Å². The van der Waals surface area contributed by atoms with Gasteiger partial charge in [0.05, 0.1) is 10.7 Å². The van der Waals surface area contributed by atoms with Crippen LogP contribution in [-0.2, 0) is 0 Å². The molecule has 1 heterocycles. The molecule has 1 unspecified atom stereocenters. The molecule has 0 aromatic carbocycles. The molecule has 2 aliphatic carbocycles. The number of carbonyl (C=O) groups is 1. The van der Waals surface area contributed by atoms with Crippen molar-refractivity contribution >= 4 is 42.1 Å². The van der Waals surface area contributed by atoms with Crippen molar-refractivity contribution in [1.29, 1.82) is 0 Å². The Morgan fingerprint density at radius 2 is 1.95 bits per heavy atom. The fourth-order valence-electron chi connectivity index (χ4n) is 2.96. The molecule has 0 spiro atoms. The molecule has 0 radical (unpaired) electrons. The van der Waals surface area contributed by atoms with Gasteiger partial charge in [0.15, 0.2) is 0 Å². The van der Waals surface area contributed by atoms with Gasteiger partial charge >= 0.3 is 0 Å². The van der Waals surface area contributed by atoms with E-state index >= 15 is 0 Å². The zero-order valence-electron chi connectivity index (χ0n) is 12.8. The van der Waals surface area contributed by atoms with Gasteiger partial charge < -0.3 is 11.1 Å². The number of nitrogens with zero attached hydrogens (tertiary/aromatic N) is 1. The largest absolute Gasteiger partial charge is 0.350 e. The second kappa shape index (κ2) is 8.48. The molecule has 3 rings (SSSR count).